The van der Waals surface area contributed by atoms with Crippen LogP contribution in [0, 0.1) is 0 Å². The third-order valence-electron chi connectivity index (χ3n) is 2.12. The van der Waals surface area contributed by atoms with Crippen molar-refractivity contribution in [3.05, 3.63) is 42.5 Å². The largest absolute Gasteiger partial charge is 0.462 e. The van der Waals surface area contributed by atoms with Gasteiger partial charge >= 0.3 is 5.97 Å². The number of ether oxygens (including phenoxy) is 1. The van der Waals surface area contributed by atoms with Gasteiger partial charge in [-0.3, -0.25) is 4.79 Å². The number of carbonyl (C=O) groups excluding carboxylic acids is 2. The number of halogens is 1. The summed E-state index contributed by atoms with van der Waals surface area (Å²) in [5.74, 6) is -1.24. The van der Waals surface area contributed by atoms with Crippen molar-refractivity contribution in [3.8, 4) is 0 Å². The average molecular weight is 251 g/mol. The van der Waals surface area contributed by atoms with Crippen LogP contribution < -0.4 is 5.32 Å². The Morgan fingerprint density at radius 1 is 1.44 bits per heavy atom. The van der Waals surface area contributed by atoms with Crippen LogP contribution in [0.25, 0.3) is 0 Å². The molecular weight excluding hydrogens is 237 g/mol. The molecule has 0 bridgehead atoms. The molecule has 4 nitrogen and oxygen atoms in total. The van der Waals surface area contributed by atoms with Crippen molar-refractivity contribution in [3.63, 3.8) is 0 Å². The molecule has 96 valence electrons. The van der Waals surface area contributed by atoms with Gasteiger partial charge in [-0.05, 0) is 37.3 Å². The molecule has 0 aliphatic rings. The Balaban J connectivity index is 2.68. The van der Waals surface area contributed by atoms with Crippen LogP contribution >= 0.6 is 0 Å². The third kappa shape index (κ3) is 3.69. The van der Waals surface area contributed by atoms with Crippen LogP contribution in [-0.2, 0) is 9.53 Å². The Morgan fingerprint density at radius 2 is 2.06 bits per heavy atom. The molecule has 0 aliphatic carbocycles. The molecule has 1 aromatic rings. The minimum absolute atomic E-state index is 0.292. The van der Waals surface area contributed by atoms with E-state index in [9.17, 15) is 14.0 Å². The van der Waals surface area contributed by atoms with Gasteiger partial charge in [0, 0.05) is 5.69 Å². The maximum Gasteiger partial charge on any atom is 0.338 e. The highest BCUT2D eigenvalue weighted by Gasteiger charge is 2.13. The minimum Gasteiger partial charge on any atom is -0.462 e. The lowest BCUT2D eigenvalue weighted by molar-refractivity contribution is -0.119. The molecular formula is C13H14FNO3. The molecule has 1 rings (SSSR count). The van der Waals surface area contributed by atoms with Gasteiger partial charge < -0.3 is 10.1 Å². The summed E-state index contributed by atoms with van der Waals surface area (Å²) < 4.78 is 17.7. The molecule has 0 saturated carbocycles. The summed E-state index contributed by atoms with van der Waals surface area (Å²) in [7, 11) is 0. The Morgan fingerprint density at radius 3 is 2.56 bits per heavy atom. The lowest BCUT2D eigenvalue weighted by Gasteiger charge is -2.07. The van der Waals surface area contributed by atoms with E-state index in [1.54, 1.807) is 6.92 Å². The van der Waals surface area contributed by atoms with Crippen molar-refractivity contribution in [1.82, 2.24) is 0 Å². The van der Waals surface area contributed by atoms with Gasteiger partial charge in [0.1, 0.15) is 0 Å². The van der Waals surface area contributed by atoms with Crippen molar-refractivity contribution >= 4 is 17.6 Å². The fraction of sp³-hybridized carbons (Fsp3) is 0.231. The zero-order chi connectivity index (χ0) is 13.5. The standard InChI is InChI=1S/C13H14FNO3/c1-3-11(14)12(16)15-10-7-5-9(6-8-10)13(17)18-4-2/h3,5-8,11H,1,4H2,2H3,(H,15,16). The lowest BCUT2D eigenvalue weighted by atomic mass is 10.2. The number of nitrogens with one attached hydrogen (secondary N) is 1. The molecule has 1 N–H and O–H groups in total. The number of amides is 1. The molecule has 1 amide bonds. The van der Waals surface area contributed by atoms with Crippen LogP contribution in [0.2, 0.25) is 0 Å². The molecule has 18 heavy (non-hydrogen) atoms. The number of hydrogen-bond donors (Lipinski definition) is 1. The highest BCUT2D eigenvalue weighted by Crippen LogP contribution is 2.11. The molecule has 1 atom stereocenters. The van der Waals surface area contributed by atoms with E-state index < -0.39 is 18.0 Å². The number of rotatable bonds is 5. The van der Waals surface area contributed by atoms with Crippen molar-refractivity contribution in [2.75, 3.05) is 11.9 Å². The van der Waals surface area contributed by atoms with Crippen molar-refractivity contribution in [2.45, 2.75) is 13.1 Å². The van der Waals surface area contributed by atoms with Crippen molar-refractivity contribution in [1.29, 1.82) is 0 Å². The van der Waals surface area contributed by atoms with E-state index in [2.05, 4.69) is 11.9 Å². The molecule has 5 heteroatoms. The molecule has 1 unspecified atom stereocenters. The Kier molecular flexibility index (Phi) is 5.05. The van der Waals surface area contributed by atoms with Crippen LogP contribution in [0.15, 0.2) is 36.9 Å². The normalized spacial score (nSPS) is 11.4. The number of hydrogen-bond acceptors (Lipinski definition) is 3. The number of benzene rings is 1. The molecule has 0 aromatic heterocycles. The van der Waals surface area contributed by atoms with Crippen LogP contribution in [0.3, 0.4) is 0 Å². The molecule has 0 fully saturated rings. The number of anilines is 1. The molecule has 0 saturated heterocycles. The van der Waals surface area contributed by atoms with E-state index in [1.165, 1.54) is 24.3 Å². The quantitative estimate of drug-likeness (QED) is 0.645. The SMILES string of the molecule is C=CC(F)C(=O)Nc1ccc(C(=O)OCC)cc1. The predicted octanol–water partition coefficient (Wildman–Crippen LogP) is 2.33. The van der Waals surface area contributed by atoms with E-state index >= 15 is 0 Å². The monoisotopic (exact) mass is 251 g/mol. The second-order valence-electron chi connectivity index (χ2n) is 3.42. The van der Waals surface area contributed by atoms with Gasteiger partial charge in [-0.2, -0.15) is 0 Å². The van der Waals surface area contributed by atoms with Crippen LogP contribution in [0.4, 0.5) is 10.1 Å². The maximum atomic E-state index is 12.9. The van der Waals surface area contributed by atoms with Gasteiger partial charge in [0.25, 0.3) is 5.91 Å². The zero-order valence-corrected chi connectivity index (χ0v) is 9.98. The van der Waals surface area contributed by atoms with Crippen LogP contribution in [0.1, 0.15) is 17.3 Å². The van der Waals surface area contributed by atoms with Crippen LogP contribution in [-0.4, -0.2) is 24.7 Å². The van der Waals surface area contributed by atoms with Gasteiger partial charge in [-0.1, -0.05) is 6.58 Å². The molecule has 1 aromatic carbocycles. The maximum absolute atomic E-state index is 12.9. The van der Waals surface area contributed by atoms with Crippen LogP contribution in [0.5, 0.6) is 0 Å². The zero-order valence-electron chi connectivity index (χ0n) is 9.98. The number of alkyl halides is 1. The average Bonchev–Trinajstić information content (AvgIpc) is 2.38. The van der Waals surface area contributed by atoms with E-state index in [-0.39, 0.29) is 0 Å². The number of esters is 1. The smallest absolute Gasteiger partial charge is 0.338 e. The van der Waals surface area contributed by atoms with Gasteiger partial charge in [0.15, 0.2) is 6.17 Å². The second-order valence-corrected chi connectivity index (χ2v) is 3.42. The summed E-state index contributed by atoms with van der Waals surface area (Å²) in [4.78, 5) is 22.6. The first-order valence-electron chi connectivity index (χ1n) is 5.43. The van der Waals surface area contributed by atoms with Crippen molar-refractivity contribution in [2.24, 2.45) is 0 Å². The fourth-order valence-corrected chi connectivity index (χ4v) is 1.22. The fourth-order valence-electron chi connectivity index (χ4n) is 1.22. The molecule has 0 spiro atoms. The van der Waals surface area contributed by atoms with Gasteiger partial charge in [0.2, 0.25) is 0 Å². The van der Waals surface area contributed by atoms with Crippen molar-refractivity contribution < 1.29 is 18.7 Å². The van der Waals surface area contributed by atoms with E-state index in [1.807, 2.05) is 0 Å². The first kappa shape index (κ1) is 13.9. The van der Waals surface area contributed by atoms with E-state index in [0.29, 0.717) is 17.9 Å². The van der Waals surface area contributed by atoms with E-state index in [4.69, 9.17) is 4.74 Å². The Hall–Kier alpha value is -2.17. The van der Waals surface area contributed by atoms with Gasteiger partial charge in [-0.15, -0.1) is 0 Å². The first-order valence-corrected chi connectivity index (χ1v) is 5.43. The summed E-state index contributed by atoms with van der Waals surface area (Å²) in [5, 5.41) is 2.35. The van der Waals surface area contributed by atoms with E-state index in [0.717, 1.165) is 6.08 Å². The molecule has 0 aliphatic heterocycles. The highest BCUT2D eigenvalue weighted by atomic mass is 19.1. The topological polar surface area (TPSA) is 55.4 Å². The summed E-state index contributed by atoms with van der Waals surface area (Å²) >= 11 is 0. The summed E-state index contributed by atoms with van der Waals surface area (Å²) in [5.41, 5.74) is 0.771. The van der Waals surface area contributed by atoms with Gasteiger partial charge in [-0.25, -0.2) is 9.18 Å². The lowest BCUT2D eigenvalue weighted by Crippen LogP contribution is -2.21. The van der Waals surface area contributed by atoms with Gasteiger partial charge in [0.05, 0.1) is 12.2 Å². The Labute approximate surface area is 104 Å². The molecule has 0 radical (unpaired) electrons. The second kappa shape index (κ2) is 6.54. The highest BCUT2D eigenvalue weighted by molar-refractivity contribution is 5.96. The summed E-state index contributed by atoms with van der Waals surface area (Å²) in [6.45, 7) is 5.19. The number of carbonyl (C=O) groups is 2. The first-order chi connectivity index (χ1) is 8.58. The summed E-state index contributed by atoms with van der Waals surface area (Å²) in [6, 6.07) is 5.99. The Bertz CT molecular complexity index is 442. The summed E-state index contributed by atoms with van der Waals surface area (Å²) in [6.07, 6.45) is -0.850. The molecule has 0 heterocycles. The third-order valence-corrected chi connectivity index (χ3v) is 2.12. The minimum atomic E-state index is -1.75. The predicted molar refractivity (Wildman–Crippen MR) is 66.1 cm³/mol.